The Labute approximate surface area is 251 Å². The molecule has 2 aromatic rings. The lowest BCUT2D eigenvalue weighted by molar-refractivity contribution is -0.192. The summed E-state index contributed by atoms with van der Waals surface area (Å²) in [4.78, 5) is 38.1. The second-order valence-corrected chi connectivity index (χ2v) is 11.9. The number of rotatable bonds is 7. The van der Waals surface area contributed by atoms with Crippen LogP contribution in [0.1, 0.15) is 30.4 Å². The number of guanidine groups is 1. The molecule has 4 rings (SSSR count). The third-order valence-corrected chi connectivity index (χ3v) is 8.22. The van der Waals surface area contributed by atoms with Crippen molar-refractivity contribution in [1.29, 1.82) is 5.41 Å². The summed E-state index contributed by atoms with van der Waals surface area (Å²) in [6, 6.07) is 14.2. The van der Waals surface area contributed by atoms with E-state index in [1.54, 1.807) is 42.5 Å². The van der Waals surface area contributed by atoms with Crippen LogP contribution in [0.5, 0.6) is 0 Å². The largest absolute Gasteiger partial charge is 0.490 e. The van der Waals surface area contributed by atoms with Gasteiger partial charge in [-0.3, -0.25) is 15.0 Å². The highest BCUT2D eigenvalue weighted by Gasteiger charge is 2.38. The molecule has 1 fully saturated rings. The topological polar surface area (TPSA) is 206 Å². The maximum absolute atomic E-state index is 13.6. The van der Waals surface area contributed by atoms with Gasteiger partial charge in [0.25, 0.3) is 0 Å². The van der Waals surface area contributed by atoms with Crippen LogP contribution in [-0.2, 0) is 36.6 Å². The highest BCUT2D eigenvalue weighted by Crippen LogP contribution is 2.27. The zero-order chi connectivity index (χ0) is 32.7. The van der Waals surface area contributed by atoms with E-state index in [2.05, 4.69) is 10.0 Å². The smallest absolute Gasteiger partial charge is 0.475 e. The lowest BCUT2D eigenvalue weighted by Gasteiger charge is -2.38. The predicted molar refractivity (Wildman–Crippen MR) is 153 cm³/mol. The Morgan fingerprint density at radius 3 is 2.30 bits per heavy atom. The lowest BCUT2D eigenvalue weighted by Crippen LogP contribution is -2.59. The number of para-hydroxylation sites is 1. The molecule has 2 heterocycles. The summed E-state index contributed by atoms with van der Waals surface area (Å²) in [5, 5.41) is 28.0. The van der Waals surface area contributed by atoms with Crippen LogP contribution < -0.4 is 20.7 Å². The molecule has 1 unspecified atom stereocenters. The summed E-state index contributed by atoms with van der Waals surface area (Å²) in [6.45, 7) is 0.0573. The minimum absolute atomic E-state index is 0.247. The number of hydrogen-bond acceptors (Lipinski definition) is 7. The molecule has 13 nitrogen and oxygen atoms in total. The molecule has 0 aliphatic carbocycles. The number of nitrogens with two attached hydrogens (primary N) is 1. The third-order valence-electron chi connectivity index (χ3n) is 6.86. The predicted octanol–water partition coefficient (Wildman–Crippen LogP) is 0.880. The van der Waals surface area contributed by atoms with Crippen molar-refractivity contribution in [1.82, 2.24) is 14.9 Å². The molecule has 240 valence electrons. The fraction of sp³-hybridized carbons (Fsp3) is 0.407. The zero-order valence-electron chi connectivity index (χ0n) is 23.3. The van der Waals surface area contributed by atoms with Gasteiger partial charge >= 0.3 is 12.1 Å². The minimum atomic E-state index is -5.08. The summed E-state index contributed by atoms with van der Waals surface area (Å²) in [5.41, 5.74) is 7.50. The second kappa shape index (κ2) is 14.5. The van der Waals surface area contributed by atoms with Crippen LogP contribution in [0.2, 0.25) is 0 Å². The SMILES string of the molecule is N=C(N)N1CCC[C@H](NC(=O)CN2C(=O)[C@@H](NS(=O)(=O)Cc3ccccc3)CCc3ccccc32)C1O.O=C(O)C(F)(F)F. The van der Waals surface area contributed by atoms with Crippen LogP contribution in [0.4, 0.5) is 18.9 Å². The van der Waals surface area contributed by atoms with Gasteiger partial charge in [-0.05, 0) is 42.9 Å². The van der Waals surface area contributed by atoms with Crippen LogP contribution >= 0.6 is 0 Å². The van der Waals surface area contributed by atoms with E-state index in [-0.39, 0.29) is 24.7 Å². The highest BCUT2D eigenvalue weighted by molar-refractivity contribution is 7.88. The number of fused-ring (bicyclic) bond motifs is 1. The van der Waals surface area contributed by atoms with E-state index in [0.29, 0.717) is 37.1 Å². The molecule has 7 N–H and O–H groups in total. The van der Waals surface area contributed by atoms with Gasteiger partial charge in [-0.1, -0.05) is 48.5 Å². The molecular weight excluding hydrogens is 609 g/mol. The number of alkyl halides is 3. The van der Waals surface area contributed by atoms with Crippen molar-refractivity contribution >= 4 is 39.5 Å². The van der Waals surface area contributed by atoms with Crippen LogP contribution in [0.3, 0.4) is 0 Å². The van der Waals surface area contributed by atoms with Crippen LogP contribution in [0, 0.1) is 5.41 Å². The number of carboxylic acid groups (broad SMARTS) is 1. The van der Waals surface area contributed by atoms with Gasteiger partial charge in [-0.2, -0.15) is 13.2 Å². The zero-order valence-corrected chi connectivity index (χ0v) is 24.1. The number of aliphatic carboxylic acids is 1. The Morgan fingerprint density at radius 1 is 1.07 bits per heavy atom. The molecule has 2 aliphatic heterocycles. The van der Waals surface area contributed by atoms with Crippen molar-refractivity contribution in [3.8, 4) is 0 Å². The number of aliphatic hydroxyl groups is 1. The number of amides is 2. The number of aryl methyl sites for hydroxylation is 1. The van der Waals surface area contributed by atoms with Crippen LogP contribution in [0.25, 0.3) is 0 Å². The quantitative estimate of drug-likeness (QED) is 0.187. The first-order valence-electron chi connectivity index (χ1n) is 13.4. The van der Waals surface area contributed by atoms with E-state index in [1.165, 1.54) is 9.80 Å². The fourth-order valence-electron chi connectivity index (χ4n) is 4.83. The van der Waals surface area contributed by atoms with E-state index in [9.17, 15) is 36.3 Å². The molecule has 44 heavy (non-hydrogen) atoms. The summed E-state index contributed by atoms with van der Waals surface area (Å²) in [5.74, 6) is -4.34. The number of sulfonamides is 1. The molecule has 0 saturated carbocycles. The molecule has 0 bridgehead atoms. The van der Waals surface area contributed by atoms with Gasteiger partial charge in [0.2, 0.25) is 21.8 Å². The molecule has 1 saturated heterocycles. The molecule has 0 aromatic heterocycles. The monoisotopic (exact) mass is 642 g/mol. The van der Waals surface area contributed by atoms with Gasteiger partial charge in [0.15, 0.2) is 5.96 Å². The molecule has 17 heteroatoms. The number of carbonyl (C=O) groups is 3. The first kappa shape index (κ1) is 34.3. The number of carboxylic acids is 1. The standard InChI is InChI=1S/C25H32N6O5S.C2HF3O2/c26-25(27)30-14-6-10-19(23(30)33)28-22(32)15-31-21-11-5-4-9-18(21)12-13-20(24(31)34)29-37(35,36)16-17-7-2-1-3-8-17;3-2(4,5)1(6)7/h1-5,7-9,11,19-20,23,29,33H,6,10,12-16H2,(H3,26,27)(H,28,32);(H,6,7)/t19-,20-,23?;/m0./s1. The molecule has 2 aromatic carbocycles. The lowest BCUT2D eigenvalue weighted by atomic mass is 10.0. The normalized spacial score (nSPS) is 20.5. The van der Waals surface area contributed by atoms with E-state index in [1.807, 2.05) is 12.1 Å². The number of nitrogens with one attached hydrogen (secondary N) is 3. The van der Waals surface area contributed by atoms with Gasteiger partial charge in [-0.15, -0.1) is 0 Å². The van der Waals surface area contributed by atoms with Gasteiger partial charge in [0.05, 0.1) is 11.8 Å². The van der Waals surface area contributed by atoms with E-state index in [0.717, 1.165) is 5.56 Å². The van der Waals surface area contributed by atoms with Crippen molar-refractivity contribution in [3.05, 3.63) is 65.7 Å². The molecule has 0 radical (unpaired) electrons. The van der Waals surface area contributed by atoms with Gasteiger partial charge in [0.1, 0.15) is 18.8 Å². The van der Waals surface area contributed by atoms with Gasteiger partial charge in [0, 0.05) is 12.2 Å². The summed E-state index contributed by atoms with van der Waals surface area (Å²) in [6.07, 6.45) is -4.42. The molecular formula is C27H33F3N6O7S. The van der Waals surface area contributed by atoms with E-state index < -0.39 is 52.3 Å². The van der Waals surface area contributed by atoms with Crippen molar-refractivity contribution in [2.75, 3.05) is 18.0 Å². The number of halogens is 3. The number of hydrogen-bond donors (Lipinski definition) is 6. The Kier molecular flexibility index (Phi) is 11.3. The van der Waals surface area contributed by atoms with Crippen molar-refractivity contribution in [3.63, 3.8) is 0 Å². The number of benzene rings is 2. The Balaban J connectivity index is 0.000000676. The summed E-state index contributed by atoms with van der Waals surface area (Å²) in [7, 11) is -3.84. The minimum Gasteiger partial charge on any atom is -0.475 e. The third kappa shape index (κ3) is 9.39. The maximum atomic E-state index is 13.6. The van der Waals surface area contributed by atoms with Gasteiger partial charge in [-0.25, -0.2) is 17.9 Å². The van der Waals surface area contributed by atoms with E-state index >= 15 is 0 Å². The Morgan fingerprint density at radius 2 is 1.68 bits per heavy atom. The average molecular weight is 643 g/mol. The van der Waals surface area contributed by atoms with Crippen LogP contribution in [-0.4, -0.2) is 84.9 Å². The van der Waals surface area contributed by atoms with E-state index in [4.69, 9.17) is 21.0 Å². The highest BCUT2D eigenvalue weighted by atomic mass is 32.2. The Hall–Kier alpha value is -4.22. The molecule has 0 spiro atoms. The summed E-state index contributed by atoms with van der Waals surface area (Å²) >= 11 is 0. The second-order valence-electron chi connectivity index (χ2n) is 10.1. The molecule has 2 amide bonds. The molecule has 3 atom stereocenters. The average Bonchev–Trinajstić information content (AvgIpc) is 3.06. The van der Waals surface area contributed by atoms with Crippen LogP contribution in [0.15, 0.2) is 54.6 Å². The maximum Gasteiger partial charge on any atom is 0.490 e. The fourth-order valence-corrected chi connectivity index (χ4v) is 6.19. The summed E-state index contributed by atoms with van der Waals surface area (Å²) < 4.78 is 60.1. The van der Waals surface area contributed by atoms with Crippen molar-refractivity contribution in [2.45, 2.75) is 55.9 Å². The first-order valence-corrected chi connectivity index (χ1v) is 15.1. The molecule has 2 aliphatic rings. The Bertz CT molecular complexity index is 1460. The first-order chi connectivity index (χ1) is 20.6. The number of piperidine rings is 1. The van der Waals surface area contributed by atoms with Crippen molar-refractivity contribution in [2.24, 2.45) is 5.73 Å². The number of nitrogens with zero attached hydrogens (tertiary/aromatic N) is 2. The van der Waals surface area contributed by atoms with Crippen molar-refractivity contribution < 1.29 is 46.2 Å². The number of likely N-dealkylation sites (tertiary alicyclic amines) is 1. The number of aliphatic hydroxyl groups excluding tert-OH is 1. The number of anilines is 1. The number of carbonyl (C=O) groups excluding carboxylic acids is 2. The van der Waals surface area contributed by atoms with Gasteiger partial charge < -0.3 is 31.1 Å².